The van der Waals surface area contributed by atoms with Crippen molar-refractivity contribution < 1.29 is 0 Å². The Labute approximate surface area is 109 Å². The summed E-state index contributed by atoms with van der Waals surface area (Å²) in [6.07, 6.45) is 1.28. The fraction of sp³-hybridized carbons (Fsp3) is 0.600. The maximum Gasteiger partial charge on any atom is 0.0646 e. The van der Waals surface area contributed by atoms with Crippen molar-refractivity contribution in [3.05, 3.63) is 23.8 Å². The van der Waals surface area contributed by atoms with Gasteiger partial charge >= 0.3 is 0 Å². The topological polar surface area (TPSA) is 18.5 Å². The van der Waals surface area contributed by atoms with E-state index in [1.54, 1.807) is 5.56 Å². The first-order valence-corrected chi connectivity index (χ1v) is 7.10. The molecule has 0 spiro atoms. The zero-order valence-electron chi connectivity index (χ0n) is 11.2. The molecule has 3 heteroatoms. The molecule has 96 valence electrons. The lowest BCUT2D eigenvalue weighted by Gasteiger charge is -2.44. The summed E-state index contributed by atoms with van der Waals surface area (Å²) < 4.78 is 0. The van der Waals surface area contributed by atoms with Crippen LogP contribution in [-0.2, 0) is 0 Å². The number of hydrogen-bond acceptors (Lipinski definition) is 3. The predicted molar refractivity (Wildman–Crippen MR) is 75.7 cm³/mol. The third kappa shape index (κ3) is 1.23. The number of rotatable bonds is 0. The van der Waals surface area contributed by atoms with E-state index in [9.17, 15) is 0 Å². The third-order valence-corrected chi connectivity index (χ3v) is 4.93. The van der Waals surface area contributed by atoms with E-state index in [1.807, 2.05) is 0 Å². The van der Waals surface area contributed by atoms with Crippen LogP contribution in [0, 0.1) is 0 Å². The molecule has 0 radical (unpaired) electrons. The summed E-state index contributed by atoms with van der Waals surface area (Å²) in [5.74, 6) is 0.697. The first-order valence-electron chi connectivity index (χ1n) is 7.10. The van der Waals surface area contributed by atoms with Gasteiger partial charge in [-0.1, -0.05) is 12.1 Å². The molecule has 0 aliphatic carbocycles. The fourth-order valence-corrected chi connectivity index (χ4v) is 4.23. The number of para-hydroxylation sites is 1. The van der Waals surface area contributed by atoms with E-state index in [-0.39, 0.29) is 0 Å². The second-order valence-electron chi connectivity index (χ2n) is 6.02. The van der Waals surface area contributed by atoms with Gasteiger partial charge in [0.2, 0.25) is 0 Å². The molecular formula is C15H21N3. The monoisotopic (exact) mass is 243 g/mol. The average Bonchev–Trinajstić information content (AvgIpc) is 2.72. The van der Waals surface area contributed by atoms with E-state index in [0.29, 0.717) is 12.0 Å². The lowest BCUT2D eigenvalue weighted by Crippen LogP contribution is -2.52. The highest BCUT2D eigenvalue weighted by atomic mass is 15.3. The summed E-state index contributed by atoms with van der Waals surface area (Å²) in [4.78, 5) is 5.14. The van der Waals surface area contributed by atoms with E-state index in [0.717, 1.165) is 19.1 Å². The summed E-state index contributed by atoms with van der Waals surface area (Å²) in [5.41, 5.74) is 4.53. The van der Waals surface area contributed by atoms with Crippen molar-refractivity contribution in [2.45, 2.75) is 31.3 Å². The van der Waals surface area contributed by atoms with Crippen LogP contribution >= 0.6 is 0 Å². The Hall–Kier alpha value is -1.22. The number of hydrogen-bond donors (Lipinski definition) is 1. The molecule has 1 N–H and O–H groups in total. The third-order valence-electron chi connectivity index (χ3n) is 4.93. The van der Waals surface area contributed by atoms with Gasteiger partial charge in [-0.2, -0.15) is 0 Å². The highest BCUT2D eigenvalue weighted by Gasteiger charge is 2.45. The van der Waals surface area contributed by atoms with Crippen LogP contribution in [0.3, 0.4) is 0 Å². The molecule has 18 heavy (non-hydrogen) atoms. The smallest absolute Gasteiger partial charge is 0.0646 e. The SMILES string of the molecule is CC1CN(C)c2cccc3c2N1C1CCNCC31. The Balaban J connectivity index is 1.91. The second-order valence-corrected chi connectivity index (χ2v) is 6.02. The van der Waals surface area contributed by atoms with Crippen LogP contribution in [0.25, 0.3) is 0 Å². The number of nitrogens with one attached hydrogen (secondary N) is 1. The minimum atomic E-state index is 0.636. The summed E-state index contributed by atoms with van der Waals surface area (Å²) in [5, 5.41) is 3.57. The van der Waals surface area contributed by atoms with Crippen molar-refractivity contribution >= 4 is 11.4 Å². The summed E-state index contributed by atoms with van der Waals surface area (Å²) in [6, 6.07) is 8.22. The average molecular weight is 243 g/mol. The minimum Gasteiger partial charge on any atom is -0.371 e. The molecule has 3 atom stereocenters. The molecule has 3 aliphatic rings. The molecule has 0 aromatic heterocycles. The minimum absolute atomic E-state index is 0.636. The molecule has 1 saturated heterocycles. The van der Waals surface area contributed by atoms with E-state index in [2.05, 4.69) is 47.3 Å². The van der Waals surface area contributed by atoms with Gasteiger partial charge < -0.3 is 15.1 Å². The van der Waals surface area contributed by atoms with Crippen molar-refractivity contribution in [3.8, 4) is 0 Å². The van der Waals surface area contributed by atoms with Gasteiger partial charge in [0.15, 0.2) is 0 Å². The van der Waals surface area contributed by atoms with Gasteiger partial charge in [0.05, 0.1) is 11.4 Å². The zero-order chi connectivity index (χ0) is 12.3. The van der Waals surface area contributed by atoms with Crippen LogP contribution in [0.1, 0.15) is 24.8 Å². The Morgan fingerprint density at radius 2 is 2.22 bits per heavy atom. The van der Waals surface area contributed by atoms with Crippen LogP contribution in [0.2, 0.25) is 0 Å². The molecule has 0 amide bonds. The molecule has 3 nitrogen and oxygen atoms in total. The maximum absolute atomic E-state index is 3.57. The van der Waals surface area contributed by atoms with Gasteiger partial charge in [0.1, 0.15) is 0 Å². The van der Waals surface area contributed by atoms with Gasteiger partial charge in [0.25, 0.3) is 0 Å². The van der Waals surface area contributed by atoms with Crippen molar-refractivity contribution in [3.63, 3.8) is 0 Å². The normalized spacial score (nSPS) is 33.3. The van der Waals surface area contributed by atoms with E-state index >= 15 is 0 Å². The molecule has 0 bridgehead atoms. The largest absolute Gasteiger partial charge is 0.371 e. The predicted octanol–water partition coefficient (Wildman–Crippen LogP) is 1.79. The first-order chi connectivity index (χ1) is 8.77. The molecule has 3 heterocycles. The molecule has 4 rings (SSSR count). The highest BCUT2D eigenvalue weighted by Crippen LogP contribution is 2.50. The van der Waals surface area contributed by atoms with Gasteiger partial charge in [-0.15, -0.1) is 0 Å². The van der Waals surface area contributed by atoms with Crippen molar-refractivity contribution in [2.75, 3.05) is 36.5 Å². The van der Waals surface area contributed by atoms with E-state index in [4.69, 9.17) is 0 Å². The molecule has 0 saturated carbocycles. The molecule has 1 aromatic carbocycles. The number of benzene rings is 1. The summed E-state index contributed by atoms with van der Waals surface area (Å²) in [7, 11) is 2.23. The first kappa shape index (κ1) is 10.7. The number of nitrogens with zero attached hydrogens (tertiary/aromatic N) is 2. The summed E-state index contributed by atoms with van der Waals surface area (Å²) in [6.45, 7) is 5.84. The Bertz CT molecular complexity index is 485. The number of fused-ring (bicyclic) bond motifs is 3. The van der Waals surface area contributed by atoms with Crippen LogP contribution in [-0.4, -0.2) is 38.8 Å². The Morgan fingerprint density at radius 1 is 1.33 bits per heavy atom. The summed E-state index contributed by atoms with van der Waals surface area (Å²) >= 11 is 0. The van der Waals surface area contributed by atoms with Crippen molar-refractivity contribution in [2.24, 2.45) is 0 Å². The molecular weight excluding hydrogens is 222 g/mol. The van der Waals surface area contributed by atoms with Gasteiger partial charge in [-0.3, -0.25) is 0 Å². The van der Waals surface area contributed by atoms with Crippen molar-refractivity contribution in [1.82, 2.24) is 5.32 Å². The van der Waals surface area contributed by atoms with Gasteiger partial charge in [-0.25, -0.2) is 0 Å². The van der Waals surface area contributed by atoms with Crippen LogP contribution < -0.4 is 15.1 Å². The molecule has 1 fully saturated rings. The molecule has 1 aromatic rings. The second kappa shape index (κ2) is 3.64. The van der Waals surface area contributed by atoms with Crippen molar-refractivity contribution in [1.29, 1.82) is 0 Å². The Morgan fingerprint density at radius 3 is 3.11 bits per heavy atom. The quantitative estimate of drug-likeness (QED) is 0.749. The van der Waals surface area contributed by atoms with E-state index in [1.165, 1.54) is 24.3 Å². The number of anilines is 2. The zero-order valence-corrected chi connectivity index (χ0v) is 11.2. The lowest BCUT2D eigenvalue weighted by molar-refractivity contribution is 0.384. The maximum atomic E-state index is 3.57. The van der Waals surface area contributed by atoms with Crippen LogP contribution in [0.4, 0.5) is 11.4 Å². The fourth-order valence-electron chi connectivity index (χ4n) is 4.23. The van der Waals surface area contributed by atoms with Crippen LogP contribution in [0.5, 0.6) is 0 Å². The van der Waals surface area contributed by atoms with Gasteiger partial charge in [-0.05, 0) is 31.5 Å². The number of likely N-dealkylation sites (N-methyl/N-ethyl adjacent to an activating group) is 1. The van der Waals surface area contributed by atoms with E-state index < -0.39 is 0 Å². The molecule has 3 aliphatic heterocycles. The van der Waals surface area contributed by atoms with Gasteiger partial charge in [0, 0.05) is 38.1 Å². The molecule has 3 unspecified atom stereocenters. The standard InChI is InChI=1S/C15H21N3/c1-10-9-17(2)14-5-3-4-11-12-8-16-7-6-13(12)18(10)15(11)14/h3-5,10,12-13,16H,6-9H2,1-2H3. The van der Waals surface area contributed by atoms with Crippen LogP contribution in [0.15, 0.2) is 18.2 Å². The highest BCUT2D eigenvalue weighted by molar-refractivity contribution is 5.81. The Kier molecular flexibility index (Phi) is 2.16. The number of piperidine rings is 1. The lowest BCUT2D eigenvalue weighted by atomic mass is 9.90.